The Balaban J connectivity index is 1.45. The van der Waals surface area contributed by atoms with Crippen molar-refractivity contribution < 1.29 is 19.2 Å². The van der Waals surface area contributed by atoms with Crippen LogP contribution in [-0.2, 0) is 5.54 Å². The Bertz CT molecular complexity index is 1320. The summed E-state index contributed by atoms with van der Waals surface area (Å²) >= 11 is 0. The summed E-state index contributed by atoms with van der Waals surface area (Å²) < 4.78 is 11.3. The third kappa shape index (κ3) is 4.27. The van der Waals surface area contributed by atoms with Crippen molar-refractivity contribution in [3.05, 3.63) is 69.4 Å². The molecule has 1 N–H and O–H groups in total. The number of amides is 1. The smallest absolute Gasteiger partial charge is 0.311 e. The third-order valence-corrected chi connectivity index (χ3v) is 7.17. The van der Waals surface area contributed by atoms with Gasteiger partial charge in [0, 0.05) is 41.4 Å². The van der Waals surface area contributed by atoms with Gasteiger partial charge in [0.2, 0.25) is 0 Å². The van der Waals surface area contributed by atoms with Gasteiger partial charge in [0.15, 0.2) is 5.75 Å². The quantitative estimate of drug-likeness (QED) is 0.387. The number of nitrogens with zero attached hydrogens (tertiary/aromatic N) is 3. The van der Waals surface area contributed by atoms with Crippen LogP contribution in [0.4, 0.5) is 5.69 Å². The van der Waals surface area contributed by atoms with E-state index >= 15 is 0 Å². The first kappa shape index (κ1) is 23.0. The largest absolute Gasteiger partial charge is 0.497 e. The Labute approximate surface area is 203 Å². The van der Waals surface area contributed by atoms with E-state index < -0.39 is 10.5 Å². The number of ether oxygens (including phenoxy) is 2. The lowest BCUT2D eigenvalue weighted by atomic mass is 9.97. The number of pyridine rings is 1. The van der Waals surface area contributed by atoms with Gasteiger partial charge in [-0.2, -0.15) is 0 Å². The van der Waals surface area contributed by atoms with E-state index in [1.165, 1.54) is 12.1 Å². The predicted octanol–water partition coefficient (Wildman–Crippen LogP) is 3.96. The number of methoxy groups -OCH3 is 1. The van der Waals surface area contributed by atoms with E-state index in [1.807, 2.05) is 31.3 Å². The number of aromatic nitrogens is 1. The molecule has 9 nitrogen and oxygen atoms in total. The number of hydrogen-bond donors (Lipinski definition) is 1. The highest BCUT2D eigenvalue weighted by Gasteiger charge is 2.47. The Hall–Kier alpha value is -3.72. The van der Waals surface area contributed by atoms with Crippen molar-refractivity contribution in [2.45, 2.75) is 37.8 Å². The molecule has 2 aliphatic rings. The molecule has 3 aromatic rings. The molecule has 0 radical (unpaired) electrons. The SMILES string of the molecule is COc1cc(C2(NC(=O)c3cc(OC[C@@H]4CCN4C)c([N+](=O)[O-])cc3C)CC2)c2cccnc2c1. The van der Waals surface area contributed by atoms with Gasteiger partial charge in [-0.1, -0.05) is 6.07 Å². The van der Waals surface area contributed by atoms with Crippen LogP contribution in [0.5, 0.6) is 11.5 Å². The number of nitrogens with one attached hydrogen (secondary N) is 1. The molecule has 1 aliphatic carbocycles. The molecule has 1 amide bonds. The molecule has 0 bridgehead atoms. The first-order chi connectivity index (χ1) is 16.8. The lowest BCUT2D eigenvalue weighted by molar-refractivity contribution is -0.386. The van der Waals surface area contributed by atoms with E-state index in [9.17, 15) is 14.9 Å². The van der Waals surface area contributed by atoms with Gasteiger partial charge >= 0.3 is 5.69 Å². The van der Waals surface area contributed by atoms with Crippen molar-refractivity contribution in [3.63, 3.8) is 0 Å². The molecule has 2 heterocycles. The summed E-state index contributed by atoms with van der Waals surface area (Å²) in [6.45, 7) is 3.03. The highest BCUT2D eigenvalue weighted by atomic mass is 16.6. The molecule has 35 heavy (non-hydrogen) atoms. The number of fused-ring (bicyclic) bond motifs is 1. The first-order valence-electron chi connectivity index (χ1n) is 11.7. The summed E-state index contributed by atoms with van der Waals surface area (Å²) in [5, 5.41) is 15.8. The second kappa shape index (κ2) is 8.81. The molecule has 1 saturated heterocycles. The molecule has 2 aromatic carbocycles. The summed E-state index contributed by atoms with van der Waals surface area (Å²) in [6, 6.07) is 10.8. The molecule has 5 rings (SSSR count). The van der Waals surface area contributed by atoms with E-state index in [4.69, 9.17) is 9.47 Å². The van der Waals surface area contributed by atoms with Gasteiger partial charge in [0.05, 0.1) is 23.1 Å². The summed E-state index contributed by atoms with van der Waals surface area (Å²) in [5.74, 6) is 0.502. The van der Waals surface area contributed by atoms with Crippen molar-refractivity contribution in [1.82, 2.24) is 15.2 Å². The predicted molar refractivity (Wildman–Crippen MR) is 131 cm³/mol. The second-order valence-electron chi connectivity index (χ2n) is 9.41. The van der Waals surface area contributed by atoms with Crippen molar-refractivity contribution >= 4 is 22.5 Å². The fourth-order valence-corrected chi connectivity index (χ4v) is 4.68. The van der Waals surface area contributed by atoms with Gasteiger partial charge in [0.1, 0.15) is 12.4 Å². The molecule has 9 heteroatoms. The van der Waals surface area contributed by atoms with Crippen molar-refractivity contribution in [2.24, 2.45) is 0 Å². The number of likely N-dealkylation sites (tertiary alicyclic amines) is 1. The number of carbonyl (C=O) groups is 1. The van der Waals surface area contributed by atoms with Crippen LogP contribution in [0.25, 0.3) is 10.9 Å². The zero-order chi connectivity index (χ0) is 24.7. The lowest BCUT2D eigenvalue weighted by Crippen LogP contribution is -2.48. The van der Waals surface area contributed by atoms with E-state index in [1.54, 1.807) is 20.2 Å². The maximum atomic E-state index is 13.5. The molecular weight excluding hydrogens is 448 g/mol. The fraction of sp³-hybridized carbons (Fsp3) is 0.385. The Morgan fingerprint density at radius 1 is 1.31 bits per heavy atom. The summed E-state index contributed by atoms with van der Waals surface area (Å²) in [7, 11) is 3.60. The first-order valence-corrected chi connectivity index (χ1v) is 11.7. The van der Waals surface area contributed by atoms with E-state index in [0.717, 1.165) is 42.3 Å². The molecule has 1 aliphatic heterocycles. The number of carbonyl (C=O) groups excluding carboxylic acids is 1. The van der Waals surface area contributed by atoms with Crippen LogP contribution in [0.2, 0.25) is 0 Å². The minimum absolute atomic E-state index is 0.118. The molecule has 1 atom stereocenters. The van der Waals surface area contributed by atoms with E-state index in [2.05, 4.69) is 15.2 Å². The van der Waals surface area contributed by atoms with Crippen molar-refractivity contribution in [1.29, 1.82) is 0 Å². The monoisotopic (exact) mass is 476 g/mol. The maximum Gasteiger partial charge on any atom is 0.311 e. The maximum absolute atomic E-state index is 13.5. The molecule has 2 fully saturated rings. The highest BCUT2D eigenvalue weighted by Crippen LogP contribution is 2.49. The number of rotatable bonds is 8. The fourth-order valence-electron chi connectivity index (χ4n) is 4.68. The van der Waals surface area contributed by atoms with Gasteiger partial charge < -0.3 is 14.8 Å². The van der Waals surface area contributed by atoms with Crippen LogP contribution in [0, 0.1) is 17.0 Å². The normalized spacial score (nSPS) is 18.5. The molecule has 0 unspecified atom stereocenters. The van der Waals surface area contributed by atoms with Crippen LogP contribution >= 0.6 is 0 Å². The minimum Gasteiger partial charge on any atom is -0.497 e. The standard InChI is InChI=1S/C26H28N4O5/c1-16-11-23(30(32)33)24(35-15-17-6-10-29(17)2)14-20(16)25(31)28-26(7-8-26)21-12-18(34-3)13-22-19(21)5-4-9-27-22/h4-5,9,11-14,17H,6-8,10,15H2,1-3H3,(H,28,31)/t17-/m0/s1. The summed E-state index contributed by atoms with van der Waals surface area (Å²) in [6.07, 6.45) is 4.26. The van der Waals surface area contributed by atoms with Crippen LogP contribution < -0.4 is 14.8 Å². The third-order valence-electron chi connectivity index (χ3n) is 7.17. The Morgan fingerprint density at radius 3 is 2.74 bits per heavy atom. The minimum atomic E-state index is -0.545. The van der Waals surface area contributed by atoms with Crippen LogP contribution in [0.3, 0.4) is 0 Å². The van der Waals surface area contributed by atoms with E-state index in [0.29, 0.717) is 23.5 Å². The highest BCUT2D eigenvalue weighted by molar-refractivity contribution is 5.98. The molecule has 182 valence electrons. The van der Waals surface area contributed by atoms with Crippen LogP contribution in [-0.4, -0.2) is 54.1 Å². The molecule has 0 spiro atoms. The number of aryl methyl sites for hydroxylation is 1. The second-order valence-corrected chi connectivity index (χ2v) is 9.41. The lowest BCUT2D eigenvalue weighted by Gasteiger charge is -2.37. The Kier molecular flexibility index (Phi) is 5.80. The van der Waals surface area contributed by atoms with Crippen LogP contribution in [0.15, 0.2) is 42.6 Å². The van der Waals surface area contributed by atoms with Gasteiger partial charge in [-0.05, 0) is 63.0 Å². The number of nitro groups is 1. The van der Waals surface area contributed by atoms with E-state index in [-0.39, 0.29) is 23.4 Å². The zero-order valence-electron chi connectivity index (χ0n) is 20.0. The van der Waals surface area contributed by atoms with Gasteiger partial charge in [-0.15, -0.1) is 0 Å². The molecule has 1 saturated carbocycles. The van der Waals surface area contributed by atoms with Gasteiger partial charge in [-0.25, -0.2) is 0 Å². The molecular formula is C26H28N4O5. The summed E-state index contributed by atoms with van der Waals surface area (Å²) in [5.41, 5.74) is 1.96. The average Bonchev–Trinajstić information content (AvgIpc) is 3.62. The number of nitro benzene ring substituents is 1. The zero-order valence-corrected chi connectivity index (χ0v) is 20.0. The van der Waals surface area contributed by atoms with Crippen molar-refractivity contribution in [3.8, 4) is 11.5 Å². The van der Waals surface area contributed by atoms with Gasteiger partial charge in [0.25, 0.3) is 5.91 Å². The average molecular weight is 477 g/mol. The van der Waals surface area contributed by atoms with Crippen LogP contribution in [0.1, 0.15) is 40.7 Å². The number of likely N-dealkylation sites (N-methyl/N-ethyl adjacent to an activating group) is 1. The Morgan fingerprint density at radius 2 is 2.11 bits per heavy atom. The molecule has 1 aromatic heterocycles. The van der Waals surface area contributed by atoms with Gasteiger partial charge in [-0.3, -0.25) is 24.8 Å². The number of hydrogen-bond acceptors (Lipinski definition) is 7. The topological polar surface area (TPSA) is 107 Å². The summed E-state index contributed by atoms with van der Waals surface area (Å²) in [4.78, 5) is 31.3. The number of benzene rings is 2. The van der Waals surface area contributed by atoms with Crippen molar-refractivity contribution in [2.75, 3.05) is 27.3 Å².